The van der Waals surface area contributed by atoms with Crippen molar-refractivity contribution in [3.63, 3.8) is 0 Å². The van der Waals surface area contributed by atoms with Crippen LogP contribution in [0.2, 0.25) is 5.02 Å². The smallest absolute Gasteiger partial charge is 0.408 e. The van der Waals surface area contributed by atoms with Gasteiger partial charge in [-0.25, -0.2) is 4.79 Å². The highest BCUT2D eigenvalue weighted by Crippen LogP contribution is 2.27. The van der Waals surface area contributed by atoms with Crippen LogP contribution in [0.3, 0.4) is 0 Å². The zero-order chi connectivity index (χ0) is 41.5. The second kappa shape index (κ2) is 21.1. The van der Waals surface area contributed by atoms with Crippen molar-refractivity contribution in [3.8, 4) is 0 Å². The summed E-state index contributed by atoms with van der Waals surface area (Å²) in [5.41, 5.74) is 1.83. The number of hydrogen-bond donors (Lipinski definition) is 6. The Bertz CT molecular complexity index is 2000. The molecule has 0 radical (unpaired) electrons. The van der Waals surface area contributed by atoms with Gasteiger partial charge < -0.3 is 36.4 Å². The number of nitrogens with zero attached hydrogens (tertiary/aromatic N) is 1. The number of nitro groups is 1. The molecule has 4 rings (SSSR count). The summed E-state index contributed by atoms with van der Waals surface area (Å²) in [4.78, 5) is 78.4. The lowest BCUT2D eigenvalue weighted by atomic mass is 10.0. The summed E-state index contributed by atoms with van der Waals surface area (Å²) in [7, 11) is 0. The van der Waals surface area contributed by atoms with E-state index in [1.165, 1.54) is 13.0 Å². The first-order chi connectivity index (χ1) is 27.2. The molecule has 4 aromatic rings. The Hall–Kier alpha value is -6.32. The lowest BCUT2D eigenvalue weighted by Crippen LogP contribution is -2.61. The van der Waals surface area contributed by atoms with Crippen molar-refractivity contribution < 1.29 is 38.7 Å². The van der Waals surface area contributed by atoms with Crippen molar-refractivity contribution in [2.24, 2.45) is 5.92 Å². The Morgan fingerprint density at radius 2 is 1.16 bits per heavy atom. The van der Waals surface area contributed by atoms with Crippen LogP contribution in [-0.2, 0) is 43.4 Å². The number of nitrogens with one attached hydrogen (secondary N) is 5. The summed E-state index contributed by atoms with van der Waals surface area (Å²) in [5.74, 6) is -3.61. The topological polar surface area (TPSA) is 218 Å². The molecule has 5 atom stereocenters. The molecule has 0 saturated carbocycles. The average Bonchev–Trinajstić information content (AvgIpc) is 3.19. The largest absolute Gasteiger partial charge is 0.445 e. The summed E-state index contributed by atoms with van der Waals surface area (Å²) in [6.07, 6.45) is -2.36. The Kier molecular flexibility index (Phi) is 16.1. The standard InChI is InChI=1S/C41H45ClN6O9/c1-25(2)35(47-41(54)57-24-29-17-11-6-12-18-29)39(52)44-34(22-28-15-9-5-10-16-28)38(51)46-36(26(3)49)40(53)45-33(21-27-13-7-4-8-14-27)37(50)43-32-20-19-30(48(55)56)23-31(32)42/h4-20,23,25-26,33-36,49H,21-22,24H2,1-3H3,(H,43,50)(H,44,52)(H,45,53)(H,46,51)(H,47,54)/t26-,33+,34+,35+,36+/m1/s1. The molecule has 15 nitrogen and oxygen atoms in total. The van der Waals surface area contributed by atoms with E-state index in [0.717, 1.165) is 17.7 Å². The molecule has 6 N–H and O–H groups in total. The first-order valence-electron chi connectivity index (χ1n) is 18.1. The third-order valence-corrected chi connectivity index (χ3v) is 9.06. The Labute approximate surface area is 334 Å². The number of amides is 5. The van der Waals surface area contributed by atoms with Crippen LogP contribution in [0.1, 0.15) is 37.5 Å². The summed E-state index contributed by atoms with van der Waals surface area (Å²) in [5, 5.41) is 34.8. The van der Waals surface area contributed by atoms with Gasteiger partial charge in [0.1, 0.15) is 30.8 Å². The monoisotopic (exact) mass is 800 g/mol. The van der Waals surface area contributed by atoms with Gasteiger partial charge in [0.15, 0.2) is 0 Å². The third-order valence-electron chi connectivity index (χ3n) is 8.75. The maximum Gasteiger partial charge on any atom is 0.408 e. The lowest BCUT2D eigenvalue weighted by molar-refractivity contribution is -0.384. The van der Waals surface area contributed by atoms with E-state index in [2.05, 4.69) is 26.6 Å². The molecule has 0 aromatic heterocycles. The predicted octanol–water partition coefficient (Wildman–Crippen LogP) is 4.46. The fourth-order valence-corrected chi connectivity index (χ4v) is 5.89. The van der Waals surface area contributed by atoms with Crippen molar-refractivity contribution >= 4 is 52.7 Å². The van der Waals surface area contributed by atoms with Crippen LogP contribution in [0.15, 0.2) is 109 Å². The molecule has 0 spiro atoms. The number of halogens is 1. The van der Waals surface area contributed by atoms with Gasteiger partial charge >= 0.3 is 6.09 Å². The number of rotatable bonds is 18. The molecular formula is C41H45ClN6O9. The van der Waals surface area contributed by atoms with Crippen LogP contribution in [0.4, 0.5) is 16.2 Å². The molecule has 4 aromatic carbocycles. The molecular weight excluding hydrogens is 756 g/mol. The Morgan fingerprint density at radius 1 is 0.667 bits per heavy atom. The number of hydrogen-bond acceptors (Lipinski definition) is 9. The number of nitro benzene ring substituents is 1. The zero-order valence-electron chi connectivity index (χ0n) is 31.5. The molecule has 0 aliphatic heterocycles. The minimum absolute atomic E-state index is 0.0203. The van der Waals surface area contributed by atoms with Gasteiger partial charge in [-0.3, -0.25) is 29.3 Å². The molecule has 0 heterocycles. The number of alkyl carbamates (subject to hydrolysis) is 1. The van der Waals surface area contributed by atoms with Crippen molar-refractivity contribution in [2.75, 3.05) is 5.32 Å². The second-order valence-electron chi connectivity index (χ2n) is 13.6. The van der Waals surface area contributed by atoms with Gasteiger partial charge in [-0.2, -0.15) is 0 Å². The first-order valence-corrected chi connectivity index (χ1v) is 18.5. The highest BCUT2D eigenvalue weighted by molar-refractivity contribution is 6.34. The van der Waals surface area contributed by atoms with Gasteiger partial charge in [0.2, 0.25) is 23.6 Å². The van der Waals surface area contributed by atoms with Gasteiger partial charge in [0.25, 0.3) is 5.69 Å². The Morgan fingerprint density at radius 3 is 1.63 bits per heavy atom. The van der Waals surface area contributed by atoms with E-state index in [1.807, 2.05) is 6.07 Å². The summed E-state index contributed by atoms with van der Waals surface area (Å²) in [6, 6.07) is 24.7. The second-order valence-corrected chi connectivity index (χ2v) is 14.0. The predicted molar refractivity (Wildman–Crippen MR) is 213 cm³/mol. The quantitative estimate of drug-likeness (QED) is 0.0618. The minimum Gasteiger partial charge on any atom is -0.445 e. The molecule has 0 bridgehead atoms. The molecule has 0 unspecified atom stereocenters. The van der Waals surface area contributed by atoms with Gasteiger partial charge in [-0.05, 0) is 35.6 Å². The van der Waals surface area contributed by atoms with Crippen LogP contribution >= 0.6 is 11.6 Å². The normalized spacial score (nSPS) is 13.5. The van der Waals surface area contributed by atoms with Crippen LogP contribution in [0.5, 0.6) is 0 Å². The SMILES string of the molecule is CC(C)[C@H](NC(=O)OCc1ccccc1)C(=O)N[C@@H](Cc1ccccc1)C(=O)N[C@H](C(=O)N[C@@H](Cc1ccccc1)C(=O)Nc1ccc([N+](=O)[O-])cc1Cl)[C@@H](C)O. The average molecular weight is 801 g/mol. The van der Waals surface area contributed by atoms with Crippen LogP contribution < -0.4 is 26.6 Å². The number of aliphatic hydroxyl groups is 1. The van der Waals surface area contributed by atoms with Gasteiger partial charge in [0.05, 0.1) is 21.7 Å². The van der Waals surface area contributed by atoms with E-state index in [0.29, 0.717) is 11.1 Å². The van der Waals surface area contributed by atoms with Gasteiger partial charge in [-0.1, -0.05) is 116 Å². The molecule has 5 amide bonds. The molecule has 0 aliphatic carbocycles. The third kappa shape index (κ3) is 13.4. The number of anilines is 1. The molecule has 0 saturated heterocycles. The fraction of sp³-hybridized carbons (Fsp3) is 0.293. The van der Waals surface area contributed by atoms with E-state index in [4.69, 9.17) is 16.3 Å². The van der Waals surface area contributed by atoms with Crippen molar-refractivity contribution in [1.29, 1.82) is 0 Å². The fourth-order valence-electron chi connectivity index (χ4n) is 5.67. The molecule has 0 aliphatic rings. The number of ether oxygens (including phenoxy) is 1. The minimum atomic E-state index is -1.60. The Balaban J connectivity index is 1.52. The first kappa shape index (κ1) is 43.4. The van der Waals surface area contributed by atoms with Gasteiger partial charge in [-0.15, -0.1) is 0 Å². The van der Waals surface area contributed by atoms with Crippen molar-refractivity contribution in [3.05, 3.63) is 141 Å². The highest BCUT2D eigenvalue weighted by Gasteiger charge is 2.34. The number of non-ortho nitro benzene ring substituents is 1. The van der Waals surface area contributed by atoms with Gasteiger partial charge in [0, 0.05) is 25.0 Å². The molecule has 300 valence electrons. The van der Waals surface area contributed by atoms with Crippen molar-refractivity contribution in [2.45, 2.75) is 70.5 Å². The van der Waals surface area contributed by atoms with Crippen molar-refractivity contribution in [1.82, 2.24) is 21.3 Å². The van der Waals surface area contributed by atoms with Crippen LogP contribution in [0.25, 0.3) is 0 Å². The highest BCUT2D eigenvalue weighted by atomic mass is 35.5. The summed E-state index contributed by atoms with van der Waals surface area (Å²) in [6.45, 7) is 4.66. The maximum atomic E-state index is 14.0. The molecule has 0 fully saturated rings. The van der Waals surface area contributed by atoms with Crippen LogP contribution in [0, 0.1) is 16.0 Å². The molecule has 57 heavy (non-hydrogen) atoms. The van der Waals surface area contributed by atoms with E-state index >= 15 is 0 Å². The van der Waals surface area contributed by atoms with E-state index in [9.17, 15) is 39.2 Å². The maximum absolute atomic E-state index is 14.0. The van der Waals surface area contributed by atoms with E-state index in [1.54, 1.807) is 98.8 Å². The number of carbonyl (C=O) groups excluding carboxylic acids is 5. The van der Waals surface area contributed by atoms with E-state index < -0.39 is 70.8 Å². The number of benzene rings is 4. The summed E-state index contributed by atoms with van der Waals surface area (Å²) < 4.78 is 5.31. The summed E-state index contributed by atoms with van der Waals surface area (Å²) >= 11 is 6.22. The number of aliphatic hydroxyl groups excluding tert-OH is 1. The number of carbonyl (C=O) groups is 5. The molecule has 16 heteroatoms. The lowest BCUT2D eigenvalue weighted by Gasteiger charge is -2.28. The van der Waals surface area contributed by atoms with Crippen LogP contribution in [-0.4, -0.2) is 70.0 Å². The zero-order valence-corrected chi connectivity index (χ0v) is 32.3. The van der Waals surface area contributed by atoms with E-state index in [-0.39, 0.29) is 35.8 Å².